The molecule has 0 radical (unpaired) electrons. The Balaban J connectivity index is 2.08. The average molecular weight is 568 g/mol. The van der Waals surface area contributed by atoms with Crippen LogP contribution in [0.25, 0.3) is 0 Å². The third-order valence-electron chi connectivity index (χ3n) is 6.71. The molecule has 14 nitrogen and oxygen atoms in total. The van der Waals surface area contributed by atoms with Crippen molar-refractivity contribution in [3.05, 3.63) is 55.6 Å². The Bertz CT molecular complexity index is 1400. The Labute approximate surface area is 237 Å². The maximum Gasteiger partial charge on any atom is 0.304 e. The minimum absolute atomic E-state index is 0.0961. The average Bonchev–Trinajstić information content (AvgIpc) is 2.89. The van der Waals surface area contributed by atoms with Gasteiger partial charge in [-0.25, -0.2) is 0 Å². The molecule has 0 spiro atoms. The van der Waals surface area contributed by atoms with Crippen LogP contribution < -0.4 is 10.2 Å². The Morgan fingerprint density at radius 2 is 1.85 bits per heavy atom. The van der Waals surface area contributed by atoms with Crippen LogP contribution in [0.15, 0.2) is 34.5 Å². The van der Waals surface area contributed by atoms with E-state index in [4.69, 9.17) is 9.47 Å². The smallest absolute Gasteiger partial charge is 0.304 e. The van der Waals surface area contributed by atoms with Crippen molar-refractivity contribution in [1.29, 1.82) is 5.26 Å². The van der Waals surface area contributed by atoms with Gasteiger partial charge in [-0.3, -0.25) is 25.0 Å². The Morgan fingerprint density at radius 3 is 2.46 bits per heavy atom. The number of benzene rings is 2. The van der Waals surface area contributed by atoms with Gasteiger partial charge in [0.2, 0.25) is 5.91 Å². The number of non-ortho nitro benzene ring substituents is 1. The number of amides is 1. The molecule has 0 saturated carbocycles. The molecule has 1 amide bonds. The highest BCUT2D eigenvalue weighted by atomic mass is 16.6. The zero-order valence-electron chi connectivity index (χ0n) is 23.7. The van der Waals surface area contributed by atoms with Crippen molar-refractivity contribution in [2.45, 2.75) is 52.5 Å². The summed E-state index contributed by atoms with van der Waals surface area (Å²) in [4.78, 5) is 35.5. The topological polar surface area (TPSA) is 186 Å². The largest absolute Gasteiger partial charge is 0.379 e. The number of hydrogen-bond acceptors (Lipinski definition) is 11. The van der Waals surface area contributed by atoms with Gasteiger partial charge in [-0.2, -0.15) is 5.26 Å². The van der Waals surface area contributed by atoms with Gasteiger partial charge in [0.25, 0.3) is 5.69 Å². The number of rotatable bonds is 12. The first-order chi connectivity index (χ1) is 19.4. The molecular formula is C27H33N7O7. The van der Waals surface area contributed by atoms with Crippen molar-refractivity contribution in [1.82, 2.24) is 0 Å². The number of nitrogens with one attached hydrogen (secondary N) is 1. The van der Waals surface area contributed by atoms with Crippen LogP contribution in [0, 0.1) is 31.6 Å². The van der Waals surface area contributed by atoms with E-state index in [-0.39, 0.29) is 28.6 Å². The predicted molar refractivity (Wildman–Crippen MR) is 151 cm³/mol. The van der Waals surface area contributed by atoms with Gasteiger partial charge in [0.15, 0.2) is 5.69 Å². The maximum atomic E-state index is 12.1. The SMILES string of the molecule is CCOCCOCCN1c2cc(NC(C)=O)c(N=Nc3c(C#N)cc([N+](=O)[O-])cc3[N+](=O)[O-])cc2C(C)CC1(C)C. The minimum atomic E-state index is -0.859. The summed E-state index contributed by atoms with van der Waals surface area (Å²) < 4.78 is 11.1. The third kappa shape index (κ3) is 7.38. The number of fused-ring (bicyclic) bond motifs is 1. The van der Waals surface area contributed by atoms with Crippen molar-refractivity contribution in [2.75, 3.05) is 43.2 Å². The van der Waals surface area contributed by atoms with Crippen LogP contribution in [0.5, 0.6) is 0 Å². The van der Waals surface area contributed by atoms with Gasteiger partial charge in [-0.05, 0) is 50.8 Å². The molecular weight excluding hydrogens is 534 g/mol. The molecule has 3 rings (SSSR count). The van der Waals surface area contributed by atoms with Gasteiger partial charge in [0.05, 0.1) is 47.0 Å². The molecule has 2 aromatic rings. The molecule has 0 saturated heterocycles. The van der Waals surface area contributed by atoms with Crippen molar-refractivity contribution >= 4 is 40.0 Å². The van der Waals surface area contributed by atoms with Gasteiger partial charge < -0.3 is 19.7 Å². The zero-order valence-corrected chi connectivity index (χ0v) is 23.7. The monoisotopic (exact) mass is 567 g/mol. The molecule has 0 aliphatic carbocycles. The van der Waals surface area contributed by atoms with Crippen LogP contribution in [0.4, 0.5) is 34.1 Å². The van der Waals surface area contributed by atoms with E-state index in [1.54, 1.807) is 18.2 Å². The van der Waals surface area contributed by atoms with Crippen LogP contribution in [-0.2, 0) is 14.3 Å². The van der Waals surface area contributed by atoms with E-state index >= 15 is 0 Å². The normalized spacial score (nSPS) is 15.8. The highest BCUT2D eigenvalue weighted by Gasteiger charge is 2.37. The highest BCUT2D eigenvalue weighted by molar-refractivity contribution is 5.93. The summed E-state index contributed by atoms with van der Waals surface area (Å²) in [6, 6.07) is 6.90. The van der Waals surface area contributed by atoms with Crippen molar-refractivity contribution < 1.29 is 24.1 Å². The maximum absolute atomic E-state index is 12.1. The number of anilines is 2. The van der Waals surface area contributed by atoms with E-state index in [0.29, 0.717) is 38.7 Å². The molecule has 1 heterocycles. The van der Waals surface area contributed by atoms with Crippen molar-refractivity contribution in [3.8, 4) is 6.07 Å². The highest BCUT2D eigenvalue weighted by Crippen LogP contribution is 2.47. The molecule has 41 heavy (non-hydrogen) atoms. The number of nitriles is 1. The van der Waals surface area contributed by atoms with Crippen LogP contribution >= 0.6 is 0 Å². The first-order valence-electron chi connectivity index (χ1n) is 13.1. The van der Waals surface area contributed by atoms with Crippen LogP contribution in [0.1, 0.15) is 58.1 Å². The first kappa shape index (κ1) is 31.1. The van der Waals surface area contributed by atoms with Gasteiger partial charge in [0, 0.05) is 37.4 Å². The second kappa shape index (κ2) is 13.2. The molecule has 0 bridgehead atoms. The number of carbonyl (C=O) groups is 1. The molecule has 14 heteroatoms. The summed E-state index contributed by atoms with van der Waals surface area (Å²) in [6.07, 6.45) is 0.807. The Hall–Kier alpha value is -4.48. The molecule has 1 atom stereocenters. The van der Waals surface area contributed by atoms with Gasteiger partial charge in [-0.1, -0.05) is 6.92 Å². The molecule has 1 unspecified atom stereocenters. The Morgan fingerprint density at radius 1 is 1.15 bits per heavy atom. The van der Waals surface area contributed by atoms with Crippen LogP contribution in [-0.4, -0.2) is 54.3 Å². The van der Waals surface area contributed by atoms with E-state index in [1.165, 1.54) is 6.92 Å². The summed E-state index contributed by atoms with van der Waals surface area (Å²) in [5, 5.41) is 43.3. The lowest BCUT2D eigenvalue weighted by molar-refractivity contribution is -0.393. The number of carbonyl (C=O) groups excluding carboxylic acids is 1. The van der Waals surface area contributed by atoms with Crippen LogP contribution in [0.3, 0.4) is 0 Å². The molecule has 2 aromatic carbocycles. The van der Waals surface area contributed by atoms with E-state index in [1.807, 2.05) is 6.92 Å². The summed E-state index contributed by atoms with van der Waals surface area (Å²) >= 11 is 0. The second-order valence-electron chi connectivity index (χ2n) is 10.2. The zero-order chi connectivity index (χ0) is 30.3. The van der Waals surface area contributed by atoms with E-state index < -0.39 is 26.9 Å². The number of nitrogens with zero attached hydrogens (tertiary/aromatic N) is 6. The quantitative estimate of drug-likeness (QED) is 0.141. The second-order valence-corrected chi connectivity index (χ2v) is 10.2. The van der Waals surface area contributed by atoms with Crippen molar-refractivity contribution in [2.24, 2.45) is 10.2 Å². The fraction of sp³-hybridized carbons (Fsp3) is 0.481. The lowest BCUT2D eigenvalue weighted by Crippen LogP contribution is -2.49. The number of nitro benzene ring substituents is 2. The molecule has 1 aliphatic rings. The molecule has 0 fully saturated rings. The van der Waals surface area contributed by atoms with Crippen LogP contribution in [0.2, 0.25) is 0 Å². The Kier molecular flexibility index (Phi) is 10.0. The summed E-state index contributed by atoms with van der Waals surface area (Å²) in [5.41, 5.74) is -0.0290. The summed E-state index contributed by atoms with van der Waals surface area (Å²) in [5.74, 6) is -0.270. The van der Waals surface area contributed by atoms with E-state index in [2.05, 4.69) is 41.2 Å². The molecule has 1 aliphatic heterocycles. The van der Waals surface area contributed by atoms with Gasteiger partial charge in [-0.15, -0.1) is 10.2 Å². The number of ether oxygens (including phenoxy) is 2. The number of nitro groups is 2. The minimum Gasteiger partial charge on any atom is -0.379 e. The lowest BCUT2D eigenvalue weighted by atomic mass is 9.79. The number of azo groups is 1. The molecule has 0 aromatic heterocycles. The van der Waals surface area contributed by atoms with Gasteiger partial charge in [0.1, 0.15) is 11.8 Å². The fourth-order valence-corrected chi connectivity index (χ4v) is 4.98. The van der Waals surface area contributed by atoms with E-state index in [0.717, 1.165) is 29.8 Å². The third-order valence-corrected chi connectivity index (χ3v) is 6.71. The summed E-state index contributed by atoms with van der Waals surface area (Å²) in [7, 11) is 0. The number of hydrogen-bond donors (Lipinski definition) is 1. The molecule has 1 N–H and O–H groups in total. The molecule has 218 valence electrons. The van der Waals surface area contributed by atoms with E-state index in [9.17, 15) is 30.3 Å². The lowest BCUT2D eigenvalue weighted by Gasteiger charge is -2.47. The first-order valence-corrected chi connectivity index (χ1v) is 13.1. The van der Waals surface area contributed by atoms with Gasteiger partial charge >= 0.3 is 5.69 Å². The fourth-order valence-electron chi connectivity index (χ4n) is 4.98. The van der Waals surface area contributed by atoms with Crippen molar-refractivity contribution in [3.63, 3.8) is 0 Å². The standard InChI is InChI=1S/C27H33N7O7/c1-6-40-9-10-41-8-7-32-24-14-22(29-18(3)35)23(13-21(24)17(2)15-27(32,4)5)30-31-26-19(16-28)11-20(33(36)37)12-25(26)34(38)39/h11-14,17H,6-10,15H2,1-5H3,(H,29,35). The predicted octanol–water partition coefficient (Wildman–Crippen LogP) is 5.89. The summed E-state index contributed by atoms with van der Waals surface area (Å²) in [6.45, 7) is 12.2.